The van der Waals surface area contributed by atoms with Gasteiger partial charge in [0.25, 0.3) is 0 Å². The summed E-state index contributed by atoms with van der Waals surface area (Å²) in [7, 11) is 1.80. The molecule has 1 unspecified atom stereocenters. The third kappa shape index (κ3) is 1.87. The molecule has 3 rings (SSSR count). The van der Waals surface area contributed by atoms with Crippen LogP contribution in [0.5, 0.6) is 0 Å². The molecule has 3 heteroatoms. The topological polar surface area (TPSA) is 35.2 Å². The van der Waals surface area contributed by atoms with E-state index in [1.165, 1.54) is 22.1 Å². The van der Waals surface area contributed by atoms with Crippen molar-refractivity contribution in [2.75, 3.05) is 7.11 Å². The molecule has 2 aromatic rings. The molecule has 0 bridgehead atoms. The summed E-state index contributed by atoms with van der Waals surface area (Å²) in [5.41, 5.74) is 7.69. The van der Waals surface area contributed by atoms with Crippen LogP contribution in [-0.2, 0) is 11.2 Å². The number of ether oxygens (including phenoxy) is 1. The summed E-state index contributed by atoms with van der Waals surface area (Å²) in [6, 6.07) is 8.65. The molecule has 0 radical (unpaired) electrons. The van der Waals surface area contributed by atoms with E-state index in [0.717, 1.165) is 19.3 Å². The number of hydrogen-bond acceptors (Lipinski definition) is 3. The number of hydrogen-bond donors (Lipinski definition) is 1. The molecule has 1 aromatic heterocycles. The first-order chi connectivity index (χ1) is 8.75. The normalized spacial score (nSPS) is 19.7. The number of methoxy groups -OCH3 is 1. The van der Waals surface area contributed by atoms with Crippen LogP contribution < -0.4 is 5.73 Å². The van der Waals surface area contributed by atoms with Crippen LogP contribution in [0.25, 0.3) is 10.1 Å². The average molecular weight is 261 g/mol. The van der Waals surface area contributed by atoms with Crippen molar-refractivity contribution in [3.8, 4) is 0 Å². The van der Waals surface area contributed by atoms with Gasteiger partial charge in [-0.3, -0.25) is 0 Å². The van der Waals surface area contributed by atoms with E-state index in [1.807, 2.05) is 0 Å². The lowest BCUT2D eigenvalue weighted by Crippen LogP contribution is -2.55. The van der Waals surface area contributed by atoms with Gasteiger partial charge in [0.2, 0.25) is 0 Å². The Morgan fingerprint density at radius 2 is 2.17 bits per heavy atom. The van der Waals surface area contributed by atoms with Crippen LogP contribution >= 0.6 is 11.3 Å². The largest absolute Gasteiger partial charge is 0.377 e. The lowest BCUT2D eigenvalue weighted by atomic mass is 9.73. The number of rotatable bonds is 4. The van der Waals surface area contributed by atoms with Gasteiger partial charge >= 0.3 is 0 Å². The summed E-state index contributed by atoms with van der Waals surface area (Å²) >= 11 is 1.80. The fraction of sp³-hybridized carbons (Fsp3) is 0.467. The maximum atomic E-state index is 6.39. The molecule has 0 saturated heterocycles. The Hall–Kier alpha value is -0.900. The van der Waals surface area contributed by atoms with Crippen molar-refractivity contribution in [1.29, 1.82) is 0 Å². The third-order valence-electron chi connectivity index (χ3n) is 4.28. The van der Waals surface area contributed by atoms with E-state index in [1.54, 1.807) is 18.4 Å². The van der Waals surface area contributed by atoms with Crippen molar-refractivity contribution in [1.82, 2.24) is 0 Å². The predicted molar refractivity (Wildman–Crippen MR) is 77.1 cm³/mol. The Labute approximate surface area is 112 Å². The van der Waals surface area contributed by atoms with E-state index in [2.05, 4.69) is 29.6 Å². The van der Waals surface area contributed by atoms with Crippen LogP contribution in [0, 0.1) is 0 Å². The fourth-order valence-corrected chi connectivity index (χ4v) is 3.84. The summed E-state index contributed by atoms with van der Waals surface area (Å²) in [6.07, 6.45) is 4.36. The molecule has 0 amide bonds. The van der Waals surface area contributed by atoms with E-state index in [-0.39, 0.29) is 11.6 Å². The van der Waals surface area contributed by atoms with Crippen LogP contribution in [-0.4, -0.2) is 18.8 Å². The van der Waals surface area contributed by atoms with Gasteiger partial charge in [-0.05, 0) is 48.1 Å². The highest BCUT2D eigenvalue weighted by atomic mass is 32.1. The first-order valence-corrected chi connectivity index (χ1v) is 7.39. The van der Waals surface area contributed by atoms with E-state index >= 15 is 0 Å². The van der Waals surface area contributed by atoms with Crippen molar-refractivity contribution in [2.45, 2.75) is 37.3 Å². The summed E-state index contributed by atoms with van der Waals surface area (Å²) in [5, 5.41) is 3.59. The van der Waals surface area contributed by atoms with Crippen molar-refractivity contribution in [3.63, 3.8) is 0 Å². The molecular weight excluding hydrogens is 242 g/mol. The molecule has 18 heavy (non-hydrogen) atoms. The Bertz CT molecular complexity index is 539. The zero-order valence-corrected chi connectivity index (χ0v) is 11.5. The van der Waals surface area contributed by atoms with Crippen LogP contribution in [0.3, 0.4) is 0 Å². The molecule has 1 heterocycles. The van der Waals surface area contributed by atoms with E-state index in [9.17, 15) is 0 Å². The van der Waals surface area contributed by atoms with Gasteiger partial charge in [0, 0.05) is 17.9 Å². The van der Waals surface area contributed by atoms with E-state index < -0.39 is 0 Å². The van der Waals surface area contributed by atoms with Gasteiger partial charge in [-0.2, -0.15) is 0 Å². The molecule has 96 valence electrons. The SMILES string of the molecule is COC1(C(N)Cc2csc3ccccc23)CCC1. The maximum absolute atomic E-state index is 6.39. The predicted octanol–water partition coefficient (Wildman–Crippen LogP) is 3.34. The minimum Gasteiger partial charge on any atom is -0.377 e. The Morgan fingerprint density at radius 1 is 1.39 bits per heavy atom. The smallest absolute Gasteiger partial charge is 0.0832 e. The van der Waals surface area contributed by atoms with Crippen LogP contribution in [0.4, 0.5) is 0 Å². The minimum absolute atomic E-state index is 0.0664. The Kier molecular flexibility index (Phi) is 3.14. The standard InChI is InChI=1S/C15H19NOS/c1-17-15(7-4-8-15)14(16)9-11-10-18-13-6-3-2-5-12(11)13/h2-3,5-6,10,14H,4,7-9,16H2,1H3. The van der Waals surface area contributed by atoms with Crippen molar-refractivity contribution in [2.24, 2.45) is 5.73 Å². The second-order valence-electron chi connectivity index (χ2n) is 5.19. The molecule has 2 nitrogen and oxygen atoms in total. The van der Waals surface area contributed by atoms with Gasteiger partial charge in [0.15, 0.2) is 0 Å². The van der Waals surface area contributed by atoms with Gasteiger partial charge in [-0.25, -0.2) is 0 Å². The lowest BCUT2D eigenvalue weighted by Gasteiger charge is -2.45. The molecular formula is C15H19NOS. The van der Waals surface area contributed by atoms with Crippen LogP contribution in [0.1, 0.15) is 24.8 Å². The Morgan fingerprint density at radius 3 is 2.83 bits per heavy atom. The van der Waals surface area contributed by atoms with Gasteiger partial charge in [-0.1, -0.05) is 18.2 Å². The van der Waals surface area contributed by atoms with Gasteiger partial charge < -0.3 is 10.5 Å². The quantitative estimate of drug-likeness (QED) is 0.916. The van der Waals surface area contributed by atoms with Crippen molar-refractivity contribution < 1.29 is 4.74 Å². The average Bonchev–Trinajstić information content (AvgIpc) is 2.72. The molecule has 2 N–H and O–H groups in total. The van der Waals surface area contributed by atoms with E-state index in [0.29, 0.717) is 0 Å². The van der Waals surface area contributed by atoms with Gasteiger partial charge in [0.1, 0.15) is 0 Å². The molecule has 1 saturated carbocycles. The number of fused-ring (bicyclic) bond motifs is 1. The van der Waals surface area contributed by atoms with Crippen LogP contribution in [0.2, 0.25) is 0 Å². The molecule has 1 aromatic carbocycles. The maximum Gasteiger partial charge on any atom is 0.0832 e. The number of nitrogens with two attached hydrogens (primary N) is 1. The highest BCUT2D eigenvalue weighted by molar-refractivity contribution is 7.17. The Balaban J connectivity index is 1.84. The highest BCUT2D eigenvalue weighted by Crippen LogP contribution is 2.39. The van der Waals surface area contributed by atoms with E-state index in [4.69, 9.17) is 10.5 Å². The number of thiophene rings is 1. The molecule has 0 spiro atoms. The zero-order valence-electron chi connectivity index (χ0n) is 10.7. The summed E-state index contributed by atoms with van der Waals surface area (Å²) < 4.78 is 7.02. The lowest BCUT2D eigenvalue weighted by molar-refractivity contribution is -0.0896. The van der Waals surface area contributed by atoms with Gasteiger partial charge in [0.05, 0.1) is 5.60 Å². The van der Waals surface area contributed by atoms with Gasteiger partial charge in [-0.15, -0.1) is 11.3 Å². The highest BCUT2D eigenvalue weighted by Gasteiger charge is 2.42. The van der Waals surface area contributed by atoms with Crippen molar-refractivity contribution in [3.05, 3.63) is 35.2 Å². The third-order valence-corrected chi connectivity index (χ3v) is 5.30. The minimum atomic E-state index is -0.0664. The molecule has 1 atom stereocenters. The molecule has 1 fully saturated rings. The first kappa shape index (κ1) is 12.2. The summed E-state index contributed by atoms with van der Waals surface area (Å²) in [6.45, 7) is 0. The second-order valence-corrected chi connectivity index (χ2v) is 6.10. The summed E-state index contributed by atoms with van der Waals surface area (Å²) in [5.74, 6) is 0. The molecule has 1 aliphatic carbocycles. The summed E-state index contributed by atoms with van der Waals surface area (Å²) in [4.78, 5) is 0. The number of benzene rings is 1. The first-order valence-electron chi connectivity index (χ1n) is 6.51. The van der Waals surface area contributed by atoms with Crippen molar-refractivity contribution >= 4 is 21.4 Å². The molecule has 0 aliphatic heterocycles. The second kappa shape index (κ2) is 4.65. The zero-order chi connectivity index (χ0) is 12.6. The van der Waals surface area contributed by atoms with Crippen LogP contribution in [0.15, 0.2) is 29.6 Å². The molecule has 1 aliphatic rings. The monoisotopic (exact) mass is 261 g/mol. The fourth-order valence-electron chi connectivity index (χ4n) is 2.87.